The van der Waals surface area contributed by atoms with Crippen LogP contribution in [0.1, 0.15) is 17.5 Å². The van der Waals surface area contributed by atoms with Crippen molar-refractivity contribution in [2.45, 2.75) is 19.4 Å². The van der Waals surface area contributed by atoms with E-state index in [2.05, 4.69) is 9.80 Å². The summed E-state index contributed by atoms with van der Waals surface area (Å²) in [6.07, 6.45) is 2.10. The van der Waals surface area contributed by atoms with Crippen molar-refractivity contribution >= 4 is 0 Å². The van der Waals surface area contributed by atoms with Crippen LogP contribution >= 0.6 is 0 Å². The molecule has 0 bridgehead atoms. The van der Waals surface area contributed by atoms with Crippen LogP contribution in [-0.4, -0.2) is 55.7 Å². The minimum Gasteiger partial charge on any atom is -0.375 e. The standard InChI is InChI=1S/C22H28F2N2O/c23-21-7-3-19(4-8-21)2-1-11-25-12-14-26(15-13-25)16-17-27-18-20-5-9-22(24)10-6-20/h3-10H,1-2,11-18H2. The summed E-state index contributed by atoms with van der Waals surface area (Å²) >= 11 is 0. The molecule has 0 aromatic heterocycles. The van der Waals surface area contributed by atoms with Gasteiger partial charge in [0.15, 0.2) is 0 Å². The average molecular weight is 374 g/mol. The minimum atomic E-state index is -0.214. The zero-order chi connectivity index (χ0) is 18.9. The summed E-state index contributed by atoms with van der Waals surface area (Å²) in [4.78, 5) is 4.93. The monoisotopic (exact) mass is 374 g/mol. The van der Waals surface area contributed by atoms with E-state index in [1.807, 2.05) is 12.1 Å². The van der Waals surface area contributed by atoms with Gasteiger partial charge in [0, 0.05) is 32.7 Å². The Hall–Kier alpha value is -1.82. The van der Waals surface area contributed by atoms with Crippen LogP contribution in [0.25, 0.3) is 0 Å². The van der Waals surface area contributed by atoms with Gasteiger partial charge in [0.1, 0.15) is 11.6 Å². The van der Waals surface area contributed by atoms with Crippen molar-refractivity contribution in [3.05, 3.63) is 71.3 Å². The second-order valence-corrected chi connectivity index (χ2v) is 7.09. The first-order valence-electron chi connectivity index (χ1n) is 9.70. The van der Waals surface area contributed by atoms with E-state index in [-0.39, 0.29) is 11.6 Å². The fourth-order valence-corrected chi connectivity index (χ4v) is 3.36. The number of aryl methyl sites for hydroxylation is 1. The predicted molar refractivity (Wildman–Crippen MR) is 104 cm³/mol. The maximum Gasteiger partial charge on any atom is 0.123 e. The van der Waals surface area contributed by atoms with E-state index in [1.54, 1.807) is 12.1 Å². The molecule has 0 aliphatic carbocycles. The highest BCUT2D eigenvalue weighted by molar-refractivity contribution is 5.16. The molecule has 3 rings (SSSR count). The lowest BCUT2D eigenvalue weighted by Gasteiger charge is -2.34. The molecule has 5 heteroatoms. The Morgan fingerprint density at radius 1 is 0.704 bits per heavy atom. The smallest absolute Gasteiger partial charge is 0.123 e. The number of hydrogen-bond donors (Lipinski definition) is 0. The summed E-state index contributed by atoms with van der Waals surface area (Å²) in [5.74, 6) is -0.384. The maximum absolute atomic E-state index is 12.9. The number of rotatable bonds is 9. The molecule has 0 amide bonds. The number of halogens is 2. The van der Waals surface area contributed by atoms with Gasteiger partial charge in [0.25, 0.3) is 0 Å². The second-order valence-electron chi connectivity index (χ2n) is 7.09. The van der Waals surface area contributed by atoms with E-state index in [0.717, 1.165) is 57.7 Å². The van der Waals surface area contributed by atoms with E-state index in [1.165, 1.54) is 29.8 Å². The van der Waals surface area contributed by atoms with Gasteiger partial charge in [0.2, 0.25) is 0 Å². The van der Waals surface area contributed by atoms with Gasteiger partial charge >= 0.3 is 0 Å². The lowest BCUT2D eigenvalue weighted by Crippen LogP contribution is -2.47. The first-order chi connectivity index (χ1) is 13.2. The van der Waals surface area contributed by atoms with Crippen LogP contribution < -0.4 is 0 Å². The minimum absolute atomic E-state index is 0.170. The van der Waals surface area contributed by atoms with Crippen molar-refractivity contribution in [1.82, 2.24) is 9.80 Å². The van der Waals surface area contributed by atoms with Crippen LogP contribution in [0.3, 0.4) is 0 Å². The molecule has 3 nitrogen and oxygen atoms in total. The first-order valence-corrected chi connectivity index (χ1v) is 9.70. The molecule has 1 aliphatic heterocycles. The summed E-state index contributed by atoms with van der Waals surface area (Å²) < 4.78 is 31.5. The predicted octanol–water partition coefficient (Wildman–Crippen LogP) is 3.73. The SMILES string of the molecule is Fc1ccc(CCCN2CCN(CCOCc3ccc(F)cc3)CC2)cc1. The van der Waals surface area contributed by atoms with E-state index >= 15 is 0 Å². The van der Waals surface area contributed by atoms with Gasteiger partial charge in [-0.15, -0.1) is 0 Å². The number of hydrogen-bond acceptors (Lipinski definition) is 3. The summed E-state index contributed by atoms with van der Waals surface area (Å²) in [6, 6.07) is 13.3. The number of benzene rings is 2. The number of ether oxygens (including phenoxy) is 1. The van der Waals surface area contributed by atoms with Crippen LogP contribution in [0.2, 0.25) is 0 Å². The van der Waals surface area contributed by atoms with Crippen molar-refractivity contribution in [1.29, 1.82) is 0 Å². The first kappa shape index (κ1) is 19.9. The summed E-state index contributed by atoms with van der Waals surface area (Å²) in [6.45, 7) is 7.55. The molecule has 0 N–H and O–H groups in total. The molecule has 0 spiro atoms. The maximum atomic E-state index is 12.9. The summed E-state index contributed by atoms with van der Waals surface area (Å²) in [5.41, 5.74) is 2.20. The molecule has 1 aliphatic rings. The lowest BCUT2D eigenvalue weighted by molar-refractivity contribution is 0.0682. The molecule has 0 atom stereocenters. The number of piperazine rings is 1. The van der Waals surface area contributed by atoms with Gasteiger partial charge in [0.05, 0.1) is 13.2 Å². The Morgan fingerprint density at radius 3 is 1.81 bits per heavy atom. The summed E-state index contributed by atoms with van der Waals surface area (Å²) in [7, 11) is 0. The fraction of sp³-hybridized carbons (Fsp3) is 0.455. The van der Waals surface area contributed by atoms with Crippen LogP contribution in [0.5, 0.6) is 0 Å². The molecule has 0 unspecified atom stereocenters. The van der Waals surface area contributed by atoms with Gasteiger partial charge < -0.3 is 9.64 Å². The highest BCUT2D eigenvalue weighted by atomic mass is 19.1. The Kier molecular flexibility index (Phi) is 7.75. The molecule has 0 radical (unpaired) electrons. The third-order valence-electron chi connectivity index (χ3n) is 5.05. The third kappa shape index (κ3) is 7.01. The molecule has 1 heterocycles. The molecular weight excluding hydrogens is 346 g/mol. The van der Waals surface area contributed by atoms with E-state index in [9.17, 15) is 8.78 Å². The molecular formula is C22H28F2N2O. The van der Waals surface area contributed by atoms with Crippen molar-refractivity contribution < 1.29 is 13.5 Å². The Balaban J connectivity index is 1.24. The van der Waals surface area contributed by atoms with Crippen molar-refractivity contribution in [3.63, 3.8) is 0 Å². The largest absolute Gasteiger partial charge is 0.375 e. The quantitative estimate of drug-likeness (QED) is 0.622. The van der Waals surface area contributed by atoms with Crippen molar-refractivity contribution in [3.8, 4) is 0 Å². The Labute approximate surface area is 160 Å². The zero-order valence-corrected chi connectivity index (χ0v) is 15.7. The van der Waals surface area contributed by atoms with E-state index < -0.39 is 0 Å². The average Bonchev–Trinajstić information content (AvgIpc) is 2.69. The molecule has 0 saturated carbocycles. The Bertz CT molecular complexity index is 668. The molecule has 2 aromatic carbocycles. The third-order valence-corrected chi connectivity index (χ3v) is 5.05. The van der Waals surface area contributed by atoms with Crippen LogP contribution in [-0.2, 0) is 17.8 Å². The highest BCUT2D eigenvalue weighted by Crippen LogP contribution is 2.08. The van der Waals surface area contributed by atoms with Crippen LogP contribution in [0, 0.1) is 11.6 Å². The van der Waals surface area contributed by atoms with Crippen LogP contribution in [0.15, 0.2) is 48.5 Å². The summed E-state index contributed by atoms with van der Waals surface area (Å²) in [5, 5.41) is 0. The van der Waals surface area contributed by atoms with E-state index in [0.29, 0.717) is 13.2 Å². The normalized spacial score (nSPS) is 15.9. The van der Waals surface area contributed by atoms with E-state index in [4.69, 9.17) is 4.74 Å². The Morgan fingerprint density at radius 2 is 1.22 bits per heavy atom. The second kappa shape index (κ2) is 10.5. The zero-order valence-electron chi connectivity index (χ0n) is 15.7. The topological polar surface area (TPSA) is 15.7 Å². The molecule has 1 saturated heterocycles. The van der Waals surface area contributed by atoms with Crippen molar-refractivity contribution in [2.75, 3.05) is 45.9 Å². The van der Waals surface area contributed by atoms with Gasteiger partial charge in [-0.25, -0.2) is 8.78 Å². The van der Waals surface area contributed by atoms with Crippen LogP contribution in [0.4, 0.5) is 8.78 Å². The highest BCUT2D eigenvalue weighted by Gasteiger charge is 2.16. The van der Waals surface area contributed by atoms with Crippen molar-refractivity contribution in [2.24, 2.45) is 0 Å². The van der Waals surface area contributed by atoms with Gasteiger partial charge in [-0.1, -0.05) is 24.3 Å². The molecule has 2 aromatic rings. The van der Waals surface area contributed by atoms with Gasteiger partial charge in [-0.2, -0.15) is 0 Å². The lowest BCUT2D eigenvalue weighted by atomic mass is 10.1. The molecule has 27 heavy (non-hydrogen) atoms. The number of nitrogens with zero attached hydrogens (tertiary/aromatic N) is 2. The van der Waals surface area contributed by atoms with Gasteiger partial charge in [-0.3, -0.25) is 4.90 Å². The molecule has 1 fully saturated rings. The van der Waals surface area contributed by atoms with Gasteiger partial charge in [-0.05, 0) is 54.8 Å². The fourth-order valence-electron chi connectivity index (χ4n) is 3.36. The molecule has 146 valence electrons.